The molecule has 0 bridgehead atoms. The maximum Gasteiger partial charge on any atom is 0.129 e. The van der Waals surface area contributed by atoms with Crippen LogP contribution in [0.1, 0.15) is 0 Å². The van der Waals surface area contributed by atoms with E-state index in [9.17, 15) is 0 Å². The molecule has 4 nitrogen and oxygen atoms in total. The Morgan fingerprint density at radius 3 is 2.82 bits per heavy atom. The maximum atomic E-state index is 4.46. The lowest BCUT2D eigenvalue weighted by molar-refractivity contribution is 0.120. The van der Waals surface area contributed by atoms with Crippen molar-refractivity contribution in [3.8, 4) is 0 Å². The predicted octanol–water partition coefficient (Wildman–Crippen LogP) is 1.55. The van der Waals surface area contributed by atoms with E-state index in [4.69, 9.17) is 0 Å². The highest BCUT2D eigenvalue weighted by molar-refractivity contribution is 7.98. The van der Waals surface area contributed by atoms with Gasteiger partial charge in [0.1, 0.15) is 5.82 Å². The number of thioether (sulfide) groups is 1. The number of rotatable bonds is 3. The van der Waals surface area contributed by atoms with Crippen LogP contribution in [-0.4, -0.2) is 44.1 Å². The van der Waals surface area contributed by atoms with Crippen LogP contribution in [0.4, 0.5) is 11.5 Å². The molecule has 3 rings (SSSR count). The van der Waals surface area contributed by atoms with Gasteiger partial charge in [0.25, 0.3) is 0 Å². The van der Waals surface area contributed by atoms with E-state index < -0.39 is 0 Å². The molecule has 2 aliphatic rings. The number of anilines is 1. The summed E-state index contributed by atoms with van der Waals surface area (Å²) in [5.74, 6) is 1.07. The Morgan fingerprint density at radius 1 is 1.53 bits per heavy atom. The first-order chi connectivity index (χ1) is 8.26. The van der Waals surface area contributed by atoms with Crippen LogP contribution in [0, 0.1) is 5.41 Å². The highest BCUT2D eigenvalue weighted by Gasteiger charge is 2.47. The zero-order valence-electron chi connectivity index (χ0n) is 9.94. The van der Waals surface area contributed by atoms with Gasteiger partial charge in [-0.15, -0.1) is 11.8 Å². The summed E-state index contributed by atoms with van der Waals surface area (Å²) in [4.78, 5) is 11.9. The zero-order chi connectivity index (χ0) is 11.9. The van der Waals surface area contributed by atoms with Gasteiger partial charge in [-0.05, 0) is 19.0 Å². The molecule has 2 fully saturated rings. The Bertz CT molecular complexity index is 448. The molecule has 1 spiro atoms. The molecule has 1 aromatic rings. The molecule has 90 valence electrons. The molecule has 3 heterocycles. The SMILES string of the molecule is C=Nc1cnc(N2CC3(CNC3)C2)cc1SC. The molecule has 0 aromatic carbocycles. The fourth-order valence-corrected chi connectivity index (χ4v) is 3.05. The van der Waals surface area contributed by atoms with Crippen LogP contribution in [0.15, 0.2) is 22.2 Å². The van der Waals surface area contributed by atoms with Crippen LogP contribution in [0.25, 0.3) is 0 Å². The molecule has 0 radical (unpaired) electrons. The van der Waals surface area contributed by atoms with Gasteiger partial charge in [0, 0.05) is 36.5 Å². The fourth-order valence-electron chi connectivity index (χ4n) is 2.50. The van der Waals surface area contributed by atoms with Crippen LogP contribution < -0.4 is 10.2 Å². The average Bonchev–Trinajstić information content (AvgIpc) is 2.25. The summed E-state index contributed by atoms with van der Waals surface area (Å²) in [6.07, 6.45) is 3.87. The first-order valence-corrected chi connectivity index (χ1v) is 6.95. The highest BCUT2D eigenvalue weighted by atomic mass is 32.2. The van der Waals surface area contributed by atoms with Crippen molar-refractivity contribution >= 4 is 30.0 Å². The van der Waals surface area contributed by atoms with Gasteiger partial charge in [-0.1, -0.05) is 0 Å². The molecular formula is C12H16N4S. The van der Waals surface area contributed by atoms with Crippen molar-refractivity contribution in [3.63, 3.8) is 0 Å². The smallest absolute Gasteiger partial charge is 0.129 e. The van der Waals surface area contributed by atoms with Crippen LogP contribution >= 0.6 is 11.8 Å². The van der Waals surface area contributed by atoms with Gasteiger partial charge < -0.3 is 10.2 Å². The second-order valence-electron chi connectivity index (χ2n) is 4.83. The Morgan fingerprint density at radius 2 is 2.29 bits per heavy atom. The van der Waals surface area contributed by atoms with E-state index in [0.29, 0.717) is 5.41 Å². The Balaban J connectivity index is 1.78. The molecule has 0 saturated carbocycles. The Labute approximate surface area is 106 Å². The quantitative estimate of drug-likeness (QED) is 0.651. The Hall–Kier alpha value is -1.07. The van der Waals surface area contributed by atoms with Crippen molar-refractivity contribution < 1.29 is 0 Å². The van der Waals surface area contributed by atoms with E-state index >= 15 is 0 Å². The van der Waals surface area contributed by atoms with Crippen molar-refractivity contribution in [1.82, 2.24) is 10.3 Å². The fraction of sp³-hybridized carbons (Fsp3) is 0.500. The molecule has 1 aromatic heterocycles. The molecule has 5 heteroatoms. The van der Waals surface area contributed by atoms with E-state index in [1.54, 1.807) is 11.8 Å². The van der Waals surface area contributed by atoms with Gasteiger partial charge in [0.2, 0.25) is 0 Å². The largest absolute Gasteiger partial charge is 0.355 e. The first kappa shape index (κ1) is 11.0. The van der Waals surface area contributed by atoms with Gasteiger partial charge >= 0.3 is 0 Å². The second-order valence-corrected chi connectivity index (χ2v) is 5.68. The van der Waals surface area contributed by atoms with Crippen LogP contribution in [0.2, 0.25) is 0 Å². The molecule has 1 N–H and O–H groups in total. The lowest BCUT2D eigenvalue weighted by Crippen LogP contribution is -2.71. The van der Waals surface area contributed by atoms with E-state index in [2.05, 4.69) is 39.2 Å². The third-order valence-electron chi connectivity index (χ3n) is 3.60. The van der Waals surface area contributed by atoms with Crippen molar-refractivity contribution in [2.45, 2.75) is 4.90 Å². The molecule has 17 heavy (non-hydrogen) atoms. The standard InChI is InChI=1S/C12H16N4S/c1-13-9-4-15-11(3-10(9)17-2)16-7-12(8-16)5-14-6-12/h3-4,14H,1,5-8H2,2H3. The number of aromatic nitrogens is 1. The summed E-state index contributed by atoms with van der Waals surface area (Å²) in [6, 6.07) is 2.12. The number of hydrogen-bond acceptors (Lipinski definition) is 5. The first-order valence-electron chi connectivity index (χ1n) is 5.73. The number of nitrogens with one attached hydrogen (secondary N) is 1. The van der Waals surface area contributed by atoms with Crippen molar-refractivity contribution in [3.05, 3.63) is 12.3 Å². The molecule has 0 amide bonds. The zero-order valence-corrected chi connectivity index (χ0v) is 10.8. The van der Waals surface area contributed by atoms with Crippen molar-refractivity contribution in [1.29, 1.82) is 0 Å². The minimum absolute atomic E-state index is 0.538. The minimum Gasteiger partial charge on any atom is -0.355 e. The second kappa shape index (κ2) is 3.99. The van der Waals surface area contributed by atoms with E-state index in [-0.39, 0.29) is 0 Å². The number of aliphatic imine (C=N–C) groups is 1. The van der Waals surface area contributed by atoms with Gasteiger partial charge in [0.05, 0.1) is 11.9 Å². The van der Waals surface area contributed by atoms with Gasteiger partial charge in [0.15, 0.2) is 0 Å². The summed E-state index contributed by atoms with van der Waals surface area (Å²) in [6.45, 7) is 8.14. The summed E-state index contributed by atoms with van der Waals surface area (Å²) in [5.41, 5.74) is 1.41. The molecular weight excluding hydrogens is 232 g/mol. The molecule has 0 unspecified atom stereocenters. The summed E-state index contributed by atoms with van der Waals surface area (Å²) >= 11 is 1.69. The van der Waals surface area contributed by atoms with E-state index in [0.717, 1.165) is 42.6 Å². The molecule has 0 aliphatic carbocycles. The summed E-state index contributed by atoms with van der Waals surface area (Å²) in [7, 11) is 0. The number of pyridine rings is 1. The number of hydrogen-bond donors (Lipinski definition) is 1. The monoisotopic (exact) mass is 248 g/mol. The third-order valence-corrected chi connectivity index (χ3v) is 4.37. The highest BCUT2D eigenvalue weighted by Crippen LogP contribution is 2.38. The summed E-state index contributed by atoms with van der Waals surface area (Å²) in [5, 5.41) is 3.34. The topological polar surface area (TPSA) is 40.5 Å². The molecule has 2 aliphatic heterocycles. The van der Waals surface area contributed by atoms with Gasteiger partial charge in [-0.3, -0.25) is 4.99 Å². The van der Waals surface area contributed by atoms with Crippen LogP contribution in [-0.2, 0) is 0 Å². The lowest BCUT2D eigenvalue weighted by atomic mass is 9.74. The van der Waals surface area contributed by atoms with E-state index in [1.165, 1.54) is 0 Å². The van der Waals surface area contributed by atoms with Crippen LogP contribution in [0.5, 0.6) is 0 Å². The normalized spacial score (nSPS) is 20.9. The lowest BCUT2D eigenvalue weighted by Gasteiger charge is -2.56. The number of nitrogens with zero attached hydrogens (tertiary/aromatic N) is 3. The third kappa shape index (κ3) is 1.73. The average molecular weight is 248 g/mol. The Kier molecular flexibility index (Phi) is 2.60. The summed E-state index contributed by atoms with van der Waals surface area (Å²) < 4.78 is 0. The predicted molar refractivity (Wildman–Crippen MR) is 72.7 cm³/mol. The van der Waals surface area contributed by atoms with Gasteiger partial charge in [-0.2, -0.15) is 0 Å². The van der Waals surface area contributed by atoms with Gasteiger partial charge in [-0.25, -0.2) is 4.98 Å². The minimum atomic E-state index is 0.538. The van der Waals surface area contributed by atoms with Crippen LogP contribution in [0.3, 0.4) is 0 Å². The van der Waals surface area contributed by atoms with Crippen molar-refractivity contribution in [2.75, 3.05) is 37.3 Å². The molecule has 2 saturated heterocycles. The van der Waals surface area contributed by atoms with E-state index in [1.807, 2.05) is 6.20 Å². The van der Waals surface area contributed by atoms with Crippen molar-refractivity contribution in [2.24, 2.45) is 10.4 Å². The maximum absolute atomic E-state index is 4.46. The molecule has 0 atom stereocenters.